The minimum Gasteiger partial charge on any atom is -0.458 e. The first kappa shape index (κ1) is 16.6. The molecule has 1 aromatic carbocycles. The molecule has 0 spiro atoms. The average Bonchev–Trinajstić information content (AvgIpc) is 3.14. The zero-order valence-corrected chi connectivity index (χ0v) is 15.3. The Kier molecular flexibility index (Phi) is 3.90. The monoisotopic (exact) mass is 351 g/mol. The summed E-state index contributed by atoms with van der Waals surface area (Å²) >= 11 is 0. The fraction of sp³-hybridized carbons (Fsp3) is 0.350. The molecule has 1 N–H and O–H groups in total. The van der Waals surface area contributed by atoms with E-state index in [9.17, 15) is 4.79 Å². The fourth-order valence-electron chi connectivity index (χ4n) is 3.37. The van der Waals surface area contributed by atoms with E-state index in [4.69, 9.17) is 14.1 Å². The lowest BCUT2D eigenvalue weighted by molar-refractivity contribution is 0.0370. The summed E-state index contributed by atoms with van der Waals surface area (Å²) in [6.07, 6.45) is 3.25. The van der Waals surface area contributed by atoms with E-state index in [-0.39, 0.29) is 6.10 Å². The molecule has 0 aliphatic rings. The summed E-state index contributed by atoms with van der Waals surface area (Å²) in [4.78, 5) is 24.8. The number of aryl methyl sites for hydroxylation is 2. The van der Waals surface area contributed by atoms with Gasteiger partial charge in [0.15, 0.2) is 17.2 Å². The molecule has 3 aromatic heterocycles. The Morgan fingerprint density at radius 2 is 2.08 bits per heavy atom. The van der Waals surface area contributed by atoms with Crippen LogP contribution in [0.3, 0.4) is 0 Å². The van der Waals surface area contributed by atoms with E-state index < -0.39 is 5.97 Å². The Morgan fingerprint density at radius 3 is 2.81 bits per heavy atom. The summed E-state index contributed by atoms with van der Waals surface area (Å²) < 4.78 is 11.2. The molecule has 0 amide bonds. The summed E-state index contributed by atoms with van der Waals surface area (Å²) in [5.74, 6) is 0.322. The van der Waals surface area contributed by atoms with Crippen LogP contribution in [0.25, 0.3) is 32.9 Å². The number of esters is 1. The van der Waals surface area contributed by atoms with Gasteiger partial charge in [0.1, 0.15) is 5.52 Å². The van der Waals surface area contributed by atoms with Crippen LogP contribution in [-0.4, -0.2) is 27.0 Å². The zero-order chi connectivity index (χ0) is 18.4. The third-order valence-corrected chi connectivity index (χ3v) is 4.45. The molecule has 26 heavy (non-hydrogen) atoms. The van der Waals surface area contributed by atoms with Crippen molar-refractivity contribution in [3.05, 3.63) is 35.5 Å². The highest BCUT2D eigenvalue weighted by atomic mass is 16.5. The topological polar surface area (TPSA) is 81.0 Å². The van der Waals surface area contributed by atoms with Gasteiger partial charge in [-0.15, -0.1) is 0 Å². The highest BCUT2D eigenvalue weighted by Gasteiger charge is 2.21. The third-order valence-electron chi connectivity index (χ3n) is 4.45. The highest BCUT2D eigenvalue weighted by molar-refractivity contribution is 6.20. The van der Waals surface area contributed by atoms with Gasteiger partial charge in [-0.3, -0.25) is 0 Å². The molecule has 0 fully saturated rings. The van der Waals surface area contributed by atoms with Gasteiger partial charge < -0.3 is 14.1 Å². The predicted octanol–water partition coefficient (Wildman–Crippen LogP) is 4.68. The van der Waals surface area contributed by atoms with Crippen molar-refractivity contribution in [3.63, 3.8) is 0 Å². The van der Waals surface area contributed by atoms with Crippen molar-refractivity contribution in [2.24, 2.45) is 0 Å². The number of oxazole rings is 1. The molecule has 134 valence electrons. The predicted molar refractivity (Wildman–Crippen MR) is 100 cm³/mol. The van der Waals surface area contributed by atoms with Crippen molar-refractivity contribution >= 4 is 38.9 Å². The lowest BCUT2D eigenvalue weighted by atomic mass is 10.1. The maximum absolute atomic E-state index is 12.4. The van der Waals surface area contributed by atoms with E-state index in [1.54, 1.807) is 6.20 Å². The van der Waals surface area contributed by atoms with E-state index >= 15 is 0 Å². The van der Waals surface area contributed by atoms with E-state index in [0.717, 1.165) is 57.2 Å². The number of ether oxygens (including phenoxy) is 1. The molecule has 0 aliphatic carbocycles. The van der Waals surface area contributed by atoms with Gasteiger partial charge in [0.25, 0.3) is 0 Å². The van der Waals surface area contributed by atoms with E-state index in [2.05, 4.69) is 16.9 Å². The second-order valence-corrected chi connectivity index (χ2v) is 6.79. The maximum atomic E-state index is 12.4. The molecule has 0 bridgehead atoms. The summed E-state index contributed by atoms with van der Waals surface area (Å²) in [5, 5.41) is 1.90. The van der Waals surface area contributed by atoms with Gasteiger partial charge in [0.05, 0.1) is 17.8 Å². The number of hydrogen-bond acceptors (Lipinski definition) is 5. The maximum Gasteiger partial charge on any atom is 0.357 e. The van der Waals surface area contributed by atoms with E-state index in [1.165, 1.54) is 0 Å². The van der Waals surface area contributed by atoms with Crippen molar-refractivity contribution in [2.75, 3.05) is 0 Å². The smallest absolute Gasteiger partial charge is 0.357 e. The van der Waals surface area contributed by atoms with Gasteiger partial charge in [-0.05, 0) is 44.9 Å². The van der Waals surface area contributed by atoms with E-state index in [1.807, 2.05) is 32.9 Å². The third kappa shape index (κ3) is 2.53. The van der Waals surface area contributed by atoms with Crippen LogP contribution in [0.4, 0.5) is 0 Å². The van der Waals surface area contributed by atoms with Crippen LogP contribution < -0.4 is 0 Å². The van der Waals surface area contributed by atoms with Crippen molar-refractivity contribution in [2.45, 2.75) is 46.6 Å². The SMILES string of the molecule is CCCc1nc2c(ccc3[nH]c4cnc(C(=O)OC(C)C)c(C)c4c32)o1. The molecule has 0 atom stereocenters. The first-order valence-corrected chi connectivity index (χ1v) is 8.90. The number of nitrogens with zero attached hydrogens (tertiary/aromatic N) is 2. The number of benzene rings is 1. The van der Waals surface area contributed by atoms with Crippen LogP contribution in [0.1, 0.15) is 49.1 Å². The van der Waals surface area contributed by atoms with Crippen LogP contribution in [-0.2, 0) is 11.2 Å². The molecule has 6 nitrogen and oxygen atoms in total. The molecule has 0 saturated carbocycles. The number of pyridine rings is 1. The minimum atomic E-state index is -0.409. The Labute approximate surface area is 150 Å². The molecule has 4 rings (SSSR count). The van der Waals surface area contributed by atoms with Gasteiger partial charge in [-0.25, -0.2) is 14.8 Å². The molecular formula is C20H21N3O3. The van der Waals surface area contributed by atoms with Crippen LogP contribution in [0.15, 0.2) is 22.7 Å². The number of aromatic amines is 1. The van der Waals surface area contributed by atoms with Gasteiger partial charge in [-0.2, -0.15) is 0 Å². The molecule has 0 unspecified atom stereocenters. The number of aromatic nitrogens is 3. The van der Waals surface area contributed by atoms with Gasteiger partial charge >= 0.3 is 5.97 Å². The Hall–Kier alpha value is -2.89. The van der Waals surface area contributed by atoms with Crippen molar-refractivity contribution in [3.8, 4) is 0 Å². The molecule has 3 heterocycles. The van der Waals surface area contributed by atoms with Crippen LogP contribution >= 0.6 is 0 Å². The van der Waals surface area contributed by atoms with Crippen LogP contribution in [0.5, 0.6) is 0 Å². The second-order valence-electron chi connectivity index (χ2n) is 6.79. The number of H-pyrrole nitrogens is 1. The first-order chi connectivity index (χ1) is 12.5. The molecule has 0 radical (unpaired) electrons. The number of carbonyl (C=O) groups is 1. The molecule has 0 saturated heterocycles. The summed E-state index contributed by atoms with van der Waals surface area (Å²) in [6.45, 7) is 7.64. The van der Waals surface area contributed by atoms with Crippen molar-refractivity contribution in [1.82, 2.24) is 15.0 Å². The lowest BCUT2D eigenvalue weighted by Crippen LogP contribution is -2.14. The van der Waals surface area contributed by atoms with Crippen molar-refractivity contribution < 1.29 is 13.9 Å². The number of hydrogen-bond donors (Lipinski definition) is 1. The number of rotatable bonds is 4. The number of fused-ring (bicyclic) bond motifs is 5. The largest absolute Gasteiger partial charge is 0.458 e. The Bertz CT molecular complexity index is 1140. The normalized spacial score (nSPS) is 11.9. The number of nitrogens with one attached hydrogen (secondary N) is 1. The molecule has 0 aliphatic heterocycles. The highest BCUT2D eigenvalue weighted by Crippen LogP contribution is 2.34. The second kappa shape index (κ2) is 6.12. The lowest BCUT2D eigenvalue weighted by Gasteiger charge is -2.09. The Balaban J connectivity index is 2.01. The molecule has 4 aromatic rings. The minimum absolute atomic E-state index is 0.193. The fourth-order valence-corrected chi connectivity index (χ4v) is 3.37. The summed E-state index contributed by atoms with van der Waals surface area (Å²) in [6, 6.07) is 3.90. The van der Waals surface area contributed by atoms with Crippen molar-refractivity contribution in [1.29, 1.82) is 0 Å². The number of carbonyl (C=O) groups excluding carboxylic acids is 1. The van der Waals surface area contributed by atoms with Gasteiger partial charge in [0.2, 0.25) is 0 Å². The molecule has 6 heteroatoms. The zero-order valence-electron chi connectivity index (χ0n) is 15.3. The first-order valence-electron chi connectivity index (χ1n) is 8.90. The standard InChI is InChI=1S/C20H21N3O3/c1-5-6-15-23-19-14(26-15)8-7-12-17(19)16-11(4)18(20(24)25-10(2)3)21-9-13(16)22-12/h7-10,22H,5-6H2,1-4H3. The Morgan fingerprint density at radius 1 is 1.27 bits per heavy atom. The van der Waals surface area contributed by atoms with Crippen LogP contribution in [0, 0.1) is 6.92 Å². The summed E-state index contributed by atoms with van der Waals surface area (Å²) in [7, 11) is 0. The average molecular weight is 351 g/mol. The molecular weight excluding hydrogens is 330 g/mol. The van der Waals surface area contributed by atoms with Gasteiger partial charge in [-0.1, -0.05) is 6.92 Å². The quantitative estimate of drug-likeness (QED) is 0.540. The van der Waals surface area contributed by atoms with Crippen LogP contribution in [0.2, 0.25) is 0 Å². The van der Waals surface area contributed by atoms with E-state index in [0.29, 0.717) is 5.69 Å². The summed E-state index contributed by atoms with van der Waals surface area (Å²) in [5.41, 5.74) is 4.50. The van der Waals surface area contributed by atoms with Gasteiger partial charge in [0, 0.05) is 22.7 Å².